The highest BCUT2D eigenvalue weighted by atomic mass is 16.5. The van der Waals surface area contributed by atoms with Crippen LogP contribution < -0.4 is 0 Å². The lowest BCUT2D eigenvalue weighted by atomic mass is 9.98. The number of morpholine rings is 1. The molecule has 0 bridgehead atoms. The van der Waals surface area contributed by atoms with Crippen molar-refractivity contribution in [1.29, 1.82) is 0 Å². The molecule has 172 valence electrons. The van der Waals surface area contributed by atoms with Crippen LogP contribution in [0.1, 0.15) is 40.5 Å². The number of carbonyl (C=O) groups is 1. The molecule has 0 saturated carbocycles. The summed E-state index contributed by atoms with van der Waals surface area (Å²) >= 11 is 0. The Morgan fingerprint density at radius 1 is 1.03 bits per heavy atom. The lowest BCUT2D eigenvalue weighted by Gasteiger charge is -2.31. The first kappa shape index (κ1) is 21.8. The van der Waals surface area contributed by atoms with E-state index in [0.717, 1.165) is 32.5 Å². The molecule has 0 N–H and O–H groups in total. The van der Waals surface area contributed by atoms with Crippen molar-refractivity contribution in [3.05, 3.63) is 71.5 Å². The third-order valence-corrected chi connectivity index (χ3v) is 6.75. The van der Waals surface area contributed by atoms with Crippen LogP contribution in [0.3, 0.4) is 0 Å². The number of rotatable bonds is 5. The number of hydrogen-bond donors (Lipinski definition) is 0. The fourth-order valence-corrected chi connectivity index (χ4v) is 4.82. The second-order valence-electron chi connectivity index (χ2n) is 9.01. The molecule has 3 heterocycles. The molecule has 1 aromatic heterocycles. The van der Waals surface area contributed by atoms with Gasteiger partial charge in [0.1, 0.15) is 0 Å². The minimum Gasteiger partial charge on any atom is -0.378 e. The molecule has 2 fully saturated rings. The average Bonchev–Trinajstić information content (AvgIpc) is 3.35. The SMILES string of the molecule is Cc1ccccc1-c1cccc(CN2CCC(n3cc(C(=O)N4CCOCC4)nn3)CC2)c1. The maximum Gasteiger partial charge on any atom is 0.276 e. The zero-order valence-electron chi connectivity index (χ0n) is 19.2. The van der Waals surface area contributed by atoms with E-state index in [4.69, 9.17) is 4.74 Å². The van der Waals surface area contributed by atoms with E-state index in [0.29, 0.717) is 38.0 Å². The van der Waals surface area contributed by atoms with Crippen molar-refractivity contribution < 1.29 is 9.53 Å². The van der Waals surface area contributed by atoms with Gasteiger partial charge >= 0.3 is 0 Å². The average molecular weight is 446 g/mol. The Labute approximate surface area is 195 Å². The lowest BCUT2D eigenvalue weighted by Crippen LogP contribution is -2.40. The highest BCUT2D eigenvalue weighted by Gasteiger charge is 2.25. The largest absolute Gasteiger partial charge is 0.378 e. The second-order valence-corrected chi connectivity index (χ2v) is 9.01. The summed E-state index contributed by atoms with van der Waals surface area (Å²) < 4.78 is 7.23. The number of benzene rings is 2. The number of aromatic nitrogens is 3. The van der Waals surface area contributed by atoms with E-state index >= 15 is 0 Å². The molecule has 2 aliphatic heterocycles. The molecule has 2 saturated heterocycles. The Hall–Kier alpha value is -3.03. The molecule has 0 radical (unpaired) electrons. The number of carbonyl (C=O) groups excluding carboxylic acids is 1. The van der Waals surface area contributed by atoms with Gasteiger partial charge in [-0.05, 0) is 48.1 Å². The number of likely N-dealkylation sites (tertiary alicyclic amines) is 1. The van der Waals surface area contributed by atoms with Crippen molar-refractivity contribution in [1.82, 2.24) is 24.8 Å². The predicted molar refractivity (Wildman–Crippen MR) is 127 cm³/mol. The second kappa shape index (κ2) is 9.85. The smallest absolute Gasteiger partial charge is 0.276 e. The molecule has 5 rings (SSSR count). The summed E-state index contributed by atoms with van der Waals surface area (Å²) in [5, 5.41) is 8.45. The lowest BCUT2D eigenvalue weighted by molar-refractivity contribution is 0.0299. The molecule has 33 heavy (non-hydrogen) atoms. The van der Waals surface area contributed by atoms with Gasteiger partial charge < -0.3 is 9.64 Å². The van der Waals surface area contributed by atoms with Gasteiger partial charge in [-0.3, -0.25) is 9.69 Å². The summed E-state index contributed by atoms with van der Waals surface area (Å²) in [6.45, 7) is 7.54. The highest BCUT2D eigenvalue weighted by Crippen LogP contribution is 2.26. The predicted octanol–water partition coefficient (Wildman–Crippen LogP) is 3.56. The number of hydrogen-bond acceptors (Lipinski definition) is 5. The minimum atomic E-state index is -0.0458. The molecule has 7 nitrogen and oxygen atoms in total. The molecule has 0 aliphatic carbocycles. The van der Waals surface area contributed by atoms with Crippen LogP contribution in [0.5, 0.6) is 0 Å². The summed E-state index contributed by atoms with van der Waals surface area (Å²) in [5.74, 6) is -0.0458. The molecule has 2 aliphatic rings. The molecular weight excluding hydrogens is 414 g/mol. The summed E-state index contributed by atoms with van der Waals surface area (Å²) in [6, 6.07) is 17.7. The maximum atomic E-state index is 12.6. The minimum absolute atomic E-state index is 0.0458. The van der Waals surface area contributed by atoms with E-state index in [1.54, 1.807) is 4.90 Å². The fourth-order valence-electron chi connectivity index (χ4n) is 4.82. The number of ether oxygens (including phenoxy) is 1. The zero-order chi connectivity index (χ0) is 22.6. The standard InChI is InChI=1S/C26H31N5O2/c1-20-5-2-3-8-24(20)22-7-4-6-21(17-22)18-29-11-9-23(10-12-29)31-19-25(27-28-31)26(32)30-13-15-33-16-14-30/h2-8,17,19,23H,9-16,18H2,1H3. The monoisotopic (exact) mass is 445 g/mol. The summed E-state index contributed by atoms with van der Waals surface area (Å²) in [6.07, 6.45) is 3.84. The quantitative estimate of drug-likeness (QED) is 0.601. The van der Waals surface area contributed by atoms with E-state index in [-0.39, 0.29) is 5.91 Å². The third kappa shape index (κ3) is 4.99. The third-order valence-electron chi connectivity index (χ3n) is 6.75. The van der Waals surface area contributed by atoms with Crippen LogP contribution in [-0.2, 0) is 11.3 Å². The maximum absolute atomic E-state index is 12.6. The number of piperidine rings is 1. The van der Waals surface area contributed by atoms with E-state index in [1.165, 1.54) is 22.3 Å². The van der Waals surface area contributed by atoms with E-state index in [2.05, 4.69) is 70.7 Å². The molecule has 7 heteroatoms. The van der Waals surface area contributed by atoms with Crippen molar-refractivity contribution in [2.24, 2.45) is 0 Å². The molecule has 1 amide bonds. The molecule has 0 unspecified atom stereocenters. The van der Waals surface area contributed by atoms with E-state index in [9.17, 15) is 4.79 Å². The van der Waals surface area contributed by atoms with Gasteiger partial charge in [-0.15, -0.1) is 5.10 Å². The van der Waals surface area contributed by atoms with Gasteiger partial charge in [0, 0.05) is 32.7 Å². The first-order valence-electron chi connectivity index (χ1n) is 11.8. The highest BCUT2D eigenvalue weighted by molar-refractivity contribution is 5.92. The van der Waals surface area contributed by atoms with Crippen LogP contribution in [0.15, 0.2) is 54.7 Å². The Morgan fingerprint density at radius 2 is 1.82 bits per heavy atom. The van der Waals surface area contributed by atoms with Crippen molar-refractivity contribution in [3.8, 4) is 11.1 Å². The van der Waals surface area contributed by atoms with E-state index in [1.807, 2.05) is 10.9 Å². The van der Waals surface area contributed by atoms with Crippen LogP contribution in [-0.4, -0.2) is 70.1 Å². The fraction of sp³-hybridized carbons (Fsp3) is 0.423. The van der Waals surface area contributed by atoms with Gasteiger partial charge in [0.15, 0.2) is 5.69 Å². The van der Waals surface area contributed by atoms with Crippen molar-refractivity contribution in [2.75, 3.05) is 39.4 Å². The Balaban J connectivity index is 1.18. The van der Waals surface area contributed by atoms with Gasteiger partial charge in [-0.25, -0.2) is 4.68 Å². The molecule has 0 atom stereocenters. The molecular formula is C26H31N5O2. The van der Waals surface area contributed by atoms with Gasteiger partial charge in [0.25, 0.3) is 5.91 Å². The first-order chi connectivity index (χ1) is 16.2. The van der Waals surface area contributed by atoms with Crippen LogP contribution in [0, 0.1) is 6.92 Å². The van der Waals surface area contributed by atoms with Crippen LogP contribution >= 0.6 is 0 Å². The van der Waals surface area contributed by atoms with Gasteiger partial charge in [0.2, 0.25) is 0 Å². The van der Waals surface area contributed by atoms with Crippen molar-refractivity contribution in [2.45, 2.75) is 32.4 Å². The first-order valence-corrected chi connectivity index (χ1v) is 11.8. The van der Waals surface area contributed by atoms with Gasteiger partial charge in [-0.1, -0.05) is 47.7 Å². The van der Waals surface area contributed by atoms with Crippen LogP contribution in [0.25, 0.3) is 11.1 Å². The van der Waals surface area contributed by atoms with Crippen molar-refractivity contribution >= 4 is 5.91 Å². The Bertz CT molecular complexity index is 1100. The Morgan fingerprint density at radius 3 is 2.61 bits per heavy atom. The van der Waals surface area contributed by atoms with Gasteiger partial charge in [0.05, 0.1) is 25.5 Å². The molecule has 0 spiro atoms. The molecule has 2 aromatic carbocycles. The van der Waals surface area contributed by atoms with Crippen molar-refractivity contribution in [3.63, 3.8) is 0 Å². The topological polar surface area (TPSA) is 63.5 Å². The Kier molecular flexibility index (Phi) is 6.51. The van der Waals surface area contributed by atoms with Gasteiger partial charge in [-0.2, -0.15) is 0 Å². The summed E-state index contributed by atoms with van der Waals surface area (Å²) in [4.78, 5) is 16.9. The number of nitrogens with zero attached hydrogens (tertiary/aromatic N) is 5. The van der Waals surface area contributed by atoms with Crippen LogP contribution in [0.2, 0.25) is 0 Å². The summed E-state index contributed by atoms with van der Waals surface area (Å²) in [5.41, 5.74) is 5.66. The van der Waals surface area contributed by atoms with E-state index < -0.39 is 0 Å². The molecule has 3 aromatic rings. The van der Waals surface area contributed by atoms with Crippen LogP contribution in [0.4, 0.5) is 0 Å². The number of amides is 1. The normalized spacial score (nSPS) is 17.9. The zero-order valence-corrected chi connectivity index (χ0v) is 19.2. The summed E-state index contributed by atoms with van der Waals surface area (Å²) in [7, 11) is 0. The number of aryl methyl sites for hydroxylation is 1.